The Labute approximate surface area is 93.9 Å². The lowest BCUT2D eigenvalue weighted by Gasteiger charge is -2.05. The molecule has 1 aromatic rings. The summed E-state index contributed by atoms with van der Waals surface area (Å²) in [5.74, 6) is 0.281. The fraction of sp³-hybridized carbons (Fsp3) is 0.500. The highest BCUT2D eigenvalue weighted by Crippen LogP contribution is 2.08. The number of aromatic nitrogens is 2. The number of nitrogens with zero attached hydrogens (tertiary/aromatic N) is 2. The number of nitrogens with one attached hydrogen (secondary N) is 1. The van der Waals surface area contributed by atoms with Crippen LogP contribution in [0.1, 0.15) is 19.8 Å². The van der Waals surface area contributed by atoms with Crippen LogP contribution in [0.5, 0.6) is 0 Å². The second kappa shape index (κ2) is 5.27. The summed E-state index contributed by atoms with van der Waals surface area (Å²) in [5.41, 5.74) is 0. The molecule has 0 aliphatic rings. The molecule has 1 N–H and O–H groups in total. The number of unbranched alkanes of at least 4 members (excludes halogenated alkanes) is 1. The zero-order valence-electron chi connectivity index (χ0n) is 8.27. The van der Waals surface area contributed by atoms with E-state index in [0.29, 0.717) is 6.42 Å². The second-order valence-corrected chi connectivity index (χ2v) is 5.24. The SMILES string of the molecule is CCCCS(=O)(=O)Nc1ccc(Cl)nn1. The van der Waals surface area contributed by atoms with Gasteiger partial charge in [0.05, 0.1) is 5.75 Å². The Bertz CT molecular complexity index is 404. The van der Waals surface area contributed by atoms with E-state index in [1.165, 1.54) is 12.1 Å². The van der Waals surface area contributed by atoms with Gasteiger partial charge in [0, 0.05) is 0 Å². The molecule has 1 heterocycles. The molecule has 0 unspecified atom stereocenters. The van der Waals surface area contributed by atoms with E-state index in [-0.39, 0.29) is 16.7 Å². The average Bonchev–Trinajstić information content (AvgIpc) is 2.18. The molecule has 0 aromatic carbocycles. The quantitative estimate of drug-likeness (QED) is 0.862. The predicted octanol–water partition coefficient (Wildman–Crippen LogP) is 1.67. The lowest BCUT2D eigenvalue weighted by atomic mass is 10.4. The van der Waals surface area contributed by atoms with E-state index >= 15 is 0 Å². The van der Waals surface area contributed by atoms with Crippen LogP contribution in [0.3, 0.4) is 0 Å². The summed E-state index contributed by atoms with van der Waals surface area (Å²) in [5, 5.41) is 7.36. The molecular formula is C8H12ClN3O2S. The van der Waals surface area contributed by atoms with E-state index < -0.39 is 10.0 Å². The van der Waals surface area contributed by atoms with E-state index in [4.69, 9.17) is 11.6 Å². The first-order valence-electron chi connectivity index (χ1n) is 4.53. The molecule has 0 aliphatic heterocycles. The van der Waals surface area contributed by atoms with Crippen molar-refractivity contribution in [2.24, 2.45) is 0 Å². The monoisotopic (exact) mass is 249 g/mol. The normalized spacial score (nSPS) is 11.3. The van der Waals surface area contributed by atoms with Crippen molar-refractivity contribution in [3.05, 3.63) is 17.3 Å². The molecule has 0 radical (unpaired) electrons. The smallest absolute Gasteiger partial charge is 0.233 e. The Morgan fingerprint density at radius 2 is 2.13 bits per heavy atom. The Balaban J connectivity index is 2.65. The van der Waals surface area contributed by atoms with Gasteiger partial charge in [-0.3, -0.25) is 4.72 Å². The van der Waals surface area contributed by atoms with Crippen molar-refractivity contribution in [2.45, 2.75) is 19.8 Å². The number of hydrogen-bond acceptors (Lipinski definition) is 4. The summed E-state index contributed by atoms with van der Waals surface area (Å²) < 4.78 is 25.2. The zero-order valence-corrected chi connectivity index (χ0v) is 9.85. The maximum Gasteiger partial charge on any atom is 0.233 e. The van der Waals surface area contributed by atoms with Gasteiger partial charge >= 0.3 is 0 Å². The number of hydrogen-bond donors (Lipinski definition) is 1. The van der Waals surface area contributed by atoms with Crippen molar-refractivity contribution in [2.75, 3.05) is 10.5 Å². The average molecular weight is 250 g/mol. The minimum atomic E-state index is -3.31. The Kier molecular flexibility index (Phi) is 4.28. The van der Waals surface area contributed by atoms with Gasteiger partial charge in [-0.15, -0.1) is 10.2 Å². The number of sulfonamides is 1. The molecule has 0 amide bonds. The molecule has 7 heteroatoms. The van der Waals surface area contributed by atoms with Crippen LogP contribution >= 0.6 is 11.6 Å². The van der Waals surface area contributed by atoms with E-state index in [9.17, 15) is 8.42 Å². The van der Waals surface area contributed by atoms with Crippen LogP contribution in [-0.4, -0.2) is 24.4 Å². The molecule has 0 bridgehead atoms. The molecule has 0 saturated carbocycles. The highest BCUT2D eigenvalue weighted by molar-refractivity contribution is 7.92. The summed E-state index contributed by atoms with van der Waals surface area (Å²) >= 11 is 5.52. The minimum absolute atomic E-state index is 0.0911. The van der Waals surface area contributed by atoms with Crippen molar-refractivity contribution in [1.82, 2.24) is 10.2 Å². The Hall–Kier alpha value is -0.880. The van der Waals surface area contributed by atoms with Gasteiger partial charge < -0.3 is 0 Å². The largest absolute Gasteiger partial charge is 0.266 e. The lowest BCUT2D eigenvalue weighted by Crippen LogP contribution is -2.17. The molecule has 0 atom stereocenters. The fourth-order valence-electron chi connectivity index (χ4n) is 0.915. The first-order chi connectivity index (χ1) is 7.03. The molecule has 0 fully saturated rings. The van der Waals surface area contributed by atoms with Gasteiger partial charge in [-0.2, -0.15) is 0 Å². The van der Waals surface area contributed by atoms with Crippen LogP contribution in [0.4, 0.5) is 5.82 Å². The molecular weight excluding hydrogens is 238 g/mol. The molecule has 0 aliphatic carbocycles. The summed E-state index contributed by atoms with van der Waals surface area (Å²) in [7, 11) is -3.31. The van der Waals surface area contributed by atoms with Crippen LogP contribution in [0.15, 0.2) is 12.1 Å². The maximum absolute atomic E-state index is 11.4. The third-order valence-electron chi connectivity index (χ3n) is 1.66. The van der Waals surface area contributed by atoms with Gasteiger partial charge in [0.25, 0.3) is 0 Å². The van der Waals surface area contributed by atoms with Crippen molar-refractivity contribution in [1.29, 1.82) is 0 Å². The van der Waals surface area contributed by atoms with Crippen LogP contribution in [-0.2, 0) is 10.0 Å². The van der Waals surface area contributed by atoms with Crippen molar-refractivity contribution in [3.63, 3.8) is 0 Å². The molecule has 84 valence electrons. The number of rotatable bonds is 5. The maximum atomic E-state index is 11.4. The van der Waals surface area contributed by atoms with Gasteiger partial charge in [-0.25, -0.2) is 8.42 Å². The van der Waals surface area contributed by atoms with Crippen LogP contribution < -0.4 is 4.72 Å². The topological polar surface area (TPSA) is 72.0 Å². The first kappa shape index (κ1) is 12.2. The second-order valence-electron chi connectivity index (χ2n) is 3.02. The van der Waals surface area contributed by atoms with Crippen LogP contribution in [0.2, 0.25) is 5.15 Å². The van der Waals surface area contributed by atoms with E-state index in [2.05, 4.69) is 14.9 Å². The van der Waals surface area contributed by atoms with Gasteiger partial charge in [-0.1, -0.05) is 24.9 Å². The van der Waals surface area contributed by atoms with E-state index in [0.717, 1.165) is 6.42 Å². The van der Waals surface area contributed by atoms with Gasteiger partial charge in [0.1, 0.15) is 0 Å². The van der Waals surface area contributed by atoms with Gasteiger partial charge in [0.2, 0.25) is 10.0 Å². The molecule has 1 aromatic heterocycles. The molecule has 15 heavy (non-hydrogen) atoms. The predicted molar refractivity (Wildman–Crippen MR) is 59.4 cm³/mol. The highest BCUT2D eigenvalue weighted by Gasteiger charge is 2.10. The number of halogens is 1. The number of anilines is 1. The van der Waals surface area contributed by atoms with E-state index in [1.807, 2.05) is 6.92 Å². The van der Waals surface area contributed by atoms with Crippen LogP contribution in [0.25, 0.3) is 0 Å². The fourth-order valence-corrected chi connectivity index (χ4v) is 2.21. The molecule has 1 rings (SSSR count). The highest BCUT2D eigenvalue weighted by atomic mass is 35.5. The molecule has 5 nitrogen and oxygen atoms in total. The third-order valence-corrected chi connectivity index (χ3v) is 3.21. The Morgan fingerprint density at radius 1 is 1.40 bits per heavy atom. The lowest BCUT2D eigenvalue weighted by molar-refractivity contribution is 0.597. The third kappa shape index (κ3) is 4.44. The summed E-state index contributed by atoms with van der Waals surface area (Å²) in [4.78, 5) is 0. The summed E-state index contributed by atoms with van der Waals surface area (Å²) in [6.07, 6.45) is 1.45. The van der Waals surface area contributed by atoms with Gasteiger partial charge in [0.15, 0.2) is 11.0 Å². The summed E-state index contributed by atoms with van der Waals surface area (Å²) in [6.45, 7) is 1.93. The van der Waals surface area contributed by atoms with Gasteiger partial charge in [-0.05, 0) is 18.6 Å². The van der Waals surface area contributed by atoms with Crippen molar-refractivity contribution in [3.8, 4) is 0 Å². The molecule has 0 saturated heterocycles. The first-order valence-corrected chi connectivity index (χ1v) is 6.56. The molecule has 0 spiro atoms. The zero-order chi connectivity index (χ0) is 11.3. The van der Waals surface area contributed by atoms with E-state index in [1.54, 1.807) is 0 Å². The minimum Gasteiger partial charge on any atom is -0.266 e. The summed E-state index contributed by atoms with van der Waals surface area (Å²) in [6, 6.07) is 2.95. The Morgan fingerprint density at radius 3 is 2.67 bits per heavy atom. The standard InChI is InChI=1S/C8H12ClN3O2S/c1-2-3-6-15(13,14)12-8-5-4-7(9)10-11-8/h4-5H,2-3,6H2,1H3,(H,11,12). The van der Waals surface area contributed by atoms with Crippen molar-refractivity contribution >= 4 is 27.4 Å². The van der Waals surface area contributed by atoms with Crippen LogP contribution in [0, 0.1) is 0 Å². The van der Waals surface area contributed by atoms with Crippen molar-refractivity contribution < 1.29 is 8.42 Å².